The maximum absolute atomic E-state index is 12.3. The molecule has 1 heterocycles. The van der Waals surface area contributed by atoms with Crippen molar-refractivity contribution in [1.29, 1.82) is 0 Å². The van der Waals surface area contributed by atoms with Crippen LogP contribution in [0, 0.1) is 0 Å². The molecule has 134 valence electrons. The van der Waals surface area contributed by atoms with Gasteiger partial charge in [-0.15, -0.1) is 0 Å². The average Bonchev–Trinajstić information content (AvgIpc) is 2.60. The zero-order valence-electron chi connectivity index (χ0n) is 13.7. The number of rotatable bonds is 5. The molecule has 0 aliphatic heterocycles. The topological polar surface area (TPSA) is 122 Å². The third-order valence-corrected chi connectivity index (χ3v) is 4.88. The van der Waals surface area contributed by atoms with Crippen molar-refractivity contribution in [3.05, 3.63) is 76.1 Å². The molecule has 0 aliphatic rings. The van der Waals surface area contributed by atoms with Crippen LogP contribution in [0.4, 0.5) is 0 Å². The van der Waals surface area contributed by atoms with Crippen LogP contribution in [0.5, 0.6) is 0 Å². The Morgan fingerprint density at radius 1 is 1.08 bits per heavy atom. The highest BCUT2D eigenvalue weighted by molar-refractivity contribution is 7.89. The number of pyridine rings is 1. The fourth-order valence-corrected chi connectivity index (χ4v) is 3.09. The number of fused-ring (bicyclic) bond motifs is 1. The standard InChI is InChI=1S/C18H17N3O4S/c19-26(24,25)14-7-5-12(6-8-14)9-10-20-17(22)15-11-13-3-1-2-4-16(13)21-18(15)23/h1-8,11H,9-10H2,(H,20,22)(H,21,23)(H2,19,24,25). The first-order chi connectivity index (χ1) is 12.3. The highest BCUT2D eigenvalue weighted by Gasteiger charge is 2.11. The van der Waals surface area contributed by atoms with Gasteiger partial charge in [-0.05, 0) is 41.6 Å². The summed E-state index contributed by atoms with van der Waals surface area (Å²) in [7, 11) is -3.72. The molecular formula is C18H17N3O4S. The van der Waals surface area contributed by atoms with Gasteiger partial charge in [0.15, 0.2) is 0 Å². The fourth-order valence-electron chi connectivity index (χ4n) is 2.58. The summed E-state index contributed by atoms with van der Waals surface area (Å²) in [6, 6.07) is 14.9. The summed E-state index contributed by atoms with van der Waals surface area (Å²) in [4.78, 5) is 27.0. The Bertz CT molecular complexity index is 1120. The van der Waals surface area contributed by atoms with Crippen LogP contribution < -0.4 is 16.0 Å². The lowest BCUT2D eigenvalue weighted by atomic mass is 10.1. The van der Waals surface area contributed by atoms with Gasteiger partial charge in [0.25, 0.3) is 11.5 Å². The third kappa shape index (κ3) is 3.98. The molecule has 0 atom stereocenters. The van der Waals surface area contributed by atoms with Gasteiger partial charge in [-0.2, -0.15) is 0 Å². The van der Waals surface area contributed by atoms with Crippen molar-refractivity contribution in [2.45, 2.75) is 11.3 Å². The van der Waals surface area contributed by atoms with E-state index in [4.69, 9.17) is 5.14 Å². The summed E-state index contributed by atoms with van der Waals surface area (Å²) in [5.74, 6) is -0.460. The van der Waals surface area contributed by atoms with Crippen LogP contribution in [-0.4, -0.2) is 25.9 Å². The smallest absolute Gasteiger partial charge is 0.261 e. The highest BCUT2D eigenvalue weighted by Crippen LogP contribution is 2.11. The molecule has 7 nitrogen and oxygen atoms in total. The molecule has 0 saturated heterocycles. The maximum Gasteiger partial charge on any atom is 0.261 e. The lowest BCUT2D eigenvalue weighted by Crippen LogP contribution is -2.31. The molecule has 2 aromatic carbocycles. The molecule has 0 bridgehead atoms. The number of hydrogen-bond donors (Lipinski definition) is 3. The number of nitrogens with one attached hydrogen (secondary N) is 2. The number of benzene rings is 2. The van der Waals surface area contributed by atoms with Gasteiger partial charge in [0.1, 0.15) is 5.56 Å². The molecule has 0 aliphatic carbocycles. The van der Waals surface area contributed by atoms with Crippen LogP contribution in [0.1, 0.15) is 15.9 Å². The Morgan fingerprint density at radius 2 is 1.77 bits per heavy atom. The molecule has 1 aromatic heterocycles. The minimum Gasteiger partial charge on any atom is -0.352 e. The van der Waals surface area contributed by atoms with E-state index in [2.05, 4.69) is 10.3 Å². The van der Waals surface area contributed by atoms with Gasteiger partial charge in [-0.25, -0.2) is 13.6 Å². The Hall–Kier alpha value is -2.97. The summed E-state index contributed by atoms with van der Waals surface area (Å²) in [6.45, 7) is 0.305. The molecule has 0 unspecified atom stereocenters. The van der Waals surface area contributed by atoms with Crippen molar-refractivity contribution in [2.24, 2.45) is 5.14 Å². The lowest BCUT2D eigenvalue weighted by molar-refractivity contribution is 0.0953. The Balaban J connectivity index is 1.66. The molecule has 4 N–H and O–H groups in total. The van der Waals surface area contributed by atoms with Crippen molar-refractivity contribution in [2.75, 3.05) is 6.54 Å². The van der Waals surface area contributed by atoms with Crippen molar-refractivity contribution in [3.63, 3.8) is 0 Å². The summed E-state index contributed by atoms with van der Waals surface area (Å²) in [6.07, 6.45) is 0.488. The number of nitrogens with two attached hydrogens (primary N) is 1. The monoisotopic (exact) mass is 371 g/mol. The van der Waals surface area contributed by atoms with Crippen molar-refractivity contribution >= 4 is 26.8 Å². The molecule has 3 aromatic rings. The number of sulfonamides is 1. The second kappa shape index (κ2) is 7.11. The molecule has 1 amide bonds. The van der Waals surface area contributed by atoms with Crippen LogP contribution in [-0.2, 0) is 16.4 Å². The largest absolute Gasteiger partial charge is 0.352 e. The number of aromatic amines is 1. The summed E-state index contributed by atoms with van der Waals surface area (Å²) in [5, 5.41) is 8.52. The van der Waals surface area contributed by atoms with E-state index in [0.29, 0.717) is 18.5 Å². The summed E-state index contributed by atoms with van der Waals surface area (Å²) < 4.78 is 22.4. The van der Waals surface area contributed by atoms with E-state index in [-0.39, 0.29) is 10.5 Å². The maximum atomic E-state index is 12.3. The van der Waals surface area contributed by atoms with Crippen LogP contribution >= 0.6 is 0 Å². The first-order valence-electron chi connectivity index (χ1n) is 7.86. The Labute approximate surface area is 149 Å². The van der Waals surface area contributed by atoms with Crippen molar-refractivity contribution in [1.82, 2.24) is 10.3 Å². The molecular weight excluding hydrogens is 354 g/mol. The van der Waals surface area contributed by atoms with E-state index in [1.165, 1.54) is 12.1 Å². The number of H-pyrrole nitrogens is 1. The first kappa shape index (κ1) is 17.8. The number of carbonyl (C=O) groups excluding carboxylic acids is 1. The first-order valence-corrected chi connectivity index (χ1v) is 9.41. The van der Waals surface area contributed by atoms with E-state index in [1.54, 1.807) is 30.3 Å². The van der Waals surface area contributed by atoms with Gasteiger partial charge in [0.2, 0.25) is 10.0 Å². The zero-order valence-corrected chi connectivity index (χ0v) is 14.5. The quantitative estimate of drug-likeness (QED) is 0.622. The molecule has 0 spiro atoms. The molecule has 8 heteroatoms. The SMILES string of the molecule is NS(=O)(=O)c1ccc(CCNC(=O)c2cc3ccccc3[nH]c2=O)cc1. The normalized spacial score (nSPS) is 11.4. The summed E-state index contributed by atoms with van der Waals surface area (Å²) in [5.41, 5.74) is 1.11. The van der Waals surface area contributed by atoms with Gasteiger partial charge in [-0.1, -0.05) is 30.3 Å². The predicted octanol–water partition coefficient (Wildman–Crippen LogP) is 1.15. The Morgan fingerprint density at radius 3 is 2.46 bits per heavy atom. The molecule has 26 heavy (non-hydrogen) atoms. The minimum absolute atomic E-state index is 0.0352. The van der Waals surface area contributed by atoms with E-state index in [1.807, 2.05) is 12.1 Å². The van der Waals surface area contributed by atoms with Gasteiger partial charge in [0.05, 0.1) is 4.90 Å². The second-order valence-corrected chi connectivity index (χ2v) is 7.36. The van der Waals surface area contributed by atoms with Gasteiger partial charge in [0, 0.05) is 12.1 Å². The predicted molar refractivity (Wildman–Crippen MR) is 98.4 cm³/mol. The number of para-hydroxylation sites is 1. The third-order valence-electron chi connectivity index (χ3n) is 3.95. The summed E-state index contributed by atoms with van der Waals surface area (Å²) >= 11 is 0. The molecule has 0 fully saturated rings. The van der Waals surface area contributed by atoms with E-state index < -0.39 is 21.5 Å². The number of primary sulfonamides is 1. The average molecular weight is 371 g/mol. The van der Waals surface area contributed by atoms with Crippen LogP contribution in [0.3, 0.4) is 0 Å². The number of amides is 1. The van der Waals surface area contributed by atoms with E-state index in [0.717, 1.165) is 10.9 Å². The van der Waals surface area contributed by atoms with Crippen molar-refractivity contribution in [3.8, 4) is 0 Å². The minimum atomic E-state index is -3.72. The molecule has 0 saturated carbocycles. The van der Waals surface area contributed by atoms with Gasteiger partial charge in [-0.3, -0.25) is 9.59 Å². The zero-order chi connectivity index (χ0) is 18.7. The molecule has 3 rings (SSSR count). The van der Waals surface area contributed by atoms with Crippen LogP contribution in [0.25, 0.3) is 10.9 Å². The number of aromatic nitrogens is 1. The molecule has 0 radical (unpaired) electrons. The van der Waals surface area contributed by atoms with Gasteiger partial charge >= 0.3 is 0 Å². The van der Waals surface area contributed by atoms with Crippen molar-refractivity contribution < 1.29 is 13.2 Å². The number of carbonyl (C=O) groups is 1. The van der Waals surface area contributed by atoms with Crippen LogP contribution in [0.2, 0.25) is 0 Å². The lowest BCUT2D eigenvalue weighted by Gasteiger charge is -2.07. The van der Waals surface area contributed by atoms with E-state index in [9.17, 15) is 18.0 Å². The van der Waals surface area contributed by atoms with Gasteiger partial charge < -0.3 is 10.3 Å². The number of hydrogen-bond acceptors (Lipinski definition) is 4. The highest BCUT2D eigenvalue weighted by atomic mass is 32.2. The fraction of sp³-hybridized carbons (Fsp3) is 0.111. The van der Waals surface area contributed by atoms with E-state index >= 15 is 0 Å². The van der Waals surface area contributed by atoms with Crippen LogP contribution in [0.15, 0.2) is 64.3 Å². The Kier molecular flexibility index (Phi) is 4.88. The second-order valence-electron chi connectivity index (χ2n) is 5.79.